The first-order chi connectivity index (χ1) is 3.72. The fourth-order valence-electron chi connectivity index (χ4n) is 0.278. The first-order valence-corrected chi connectivity index (χ1v) is 2.21. The topological polar surface area (TPSA) is 61.1 Å². The molecule has 3 heteroatoms. The number of carboxylic acids is 1. The molecule has 0 aliphatic carbocycles. The van der Waals surface area contributed by atoms with Gasteiger partial charge in [-0.05, 0) is 6.42 Å². The molecule has 43 valence electrons. The first kappa shape index (κ1) is 6.96. The molecule has 8 heavy (non-hydrogen) atoms. The van der Waals surface area contributed by atoms with Crippen molar-refractivity contribution in [2.75, 3.05) is 0 Å². The summed E-state index contributed by atoms with van der Waals surface area (Å²) in [6.45, 7) is 1.63. The number of rotatable bonds is 2. The van der Waals surface area contributed by atoms with E-state index in [0.717, 1.165) is 0 Å². The van der Waals surface area contributed by atoms with E-state index in [2.05, 4.69) is 0 Å². The molecule has 0 aliphatic rings. The van der Waals surface area contributed by atoms with Crippen LogP contribution in [-0.2, 0) is 4.79 Å². The minimum atomic E-state index is -1.12. The Bertz CT molecular complexity index is 125. The van der Waals surface area contributed by atoms with E-state index in [0.29, 0.717) is 6.42 Å². The van der Waals surface area contributed by atoms with Gasteiger partial charge in [-0.15, -0.1) is 0 Å². The van der Waals surface area contributed by atoms with Gasteiger partial charge in [-0.1, -0.05) is 6.92 Å². The third kappa shape index (κ3) is 1.61. The summed E-state index contributed by atoms with van der Waals surface area (Å²) in [5.41, 5.74) is 0. The Labute approximate surface area is 47.5 Å². The van der Waals surface area contributed by atoms with E-state index < -0.39 is 5.97 Å². The number of aliphatic carboxylic acids is 1. The fraction of sp³-hybridized carbons (Fsp3) is 0.400. The second-order valence-corrected chi connectivity index (χ2v) is 1.25. The number of nitrogens with zero attached hydrogens (tertiary/aromatic N) is 1. The van der Waals surface area contributed by atoms with E-state index in [1.165, 1.54) is 0 Å². The number of carbonyl (C=O) groups is 1. The van der Waals surface area contributed by atoms with E-state index in [9.17, 15) is 4.79 Å². The van der Waals surface area contributed by atoms with E-state index in [-0.39, 0.29) is 5.92 Å². The maximum absolute atomic E-state index is 9.90. The zero-order valence-corrected chi connectivity index (χ0v) is 4.51. The van der Waals surface area contributed by atoms with Crippen LogP contribution in [0.15, 0.2) is 0 Å². The molecule has 1 radical (unpaired) electrons. The van der Waals surface area contributed by atoms with Crippen molar-refractivity contribution in [2.24, 2.45) is 0 Å². The summed E-state index contributed by atoms with van der Waals surface area (Å²) in [4.78, 5) is 9.90. The Morgan fingerprint density at radius 3 is 2.38 bits per heavy atom. The van der Waals surface area contributed by atoms with Crippen LogP contribution in [0.25, 0.3) is 0 Å². The maximum atomic E-state index is 9.90. The number of hydrogen-bond acceptors (Lipinski definition) is 2. The highest BCUT2D eigenvalue weighted by Crippen LogP contribution is 2.01. The zero-order valence-electron chi connectivity index (χ0n) is 4.51. The maximum Gasteiger partial charge on any atom is 0.326 e. The van der Waals surface area contributed by atoms with Crippen molar-refractivity contribution >= 4 is 5.97 Å². The number of hydrogen-bond donors (Lipinski definition) is 1. The van der Waals surface area contributed by atoms with Crippen LogP contribution in [0, 0.1) is 17.2 Å². The van der Waals surface area contributed by atoms with E-state index in [4.69, 9.17) is 10.4 Å². The monoisotopic (exact) mass is 112 g/mol. The van der Waals surface area contributed by atoms with Gasteiger partial charge in [0.1, 0.15) is 0 Å². The second-order valence-electron chi connectivity index (χ2n) is 1.25. The molecule has 0 aromatic heterocycles. The summed E-state index contributed by atoms with van der Waals surface area (Å²) in [6, 6.07) is 1.57. The lowest BCUT2D eigenvalue weighted by molar-refractivity contribution is -0.134. The lowest BCUT2D eigenvalue weighted by atomic mass is 10.1. The summed E-state index contributed by atoms with van der Waals surface area (Å²) < 4.78 is 0. The SMILES string of the molecule is CC[C](C#N)C(=O)O. The lowest BCUT2D eigenvalue weighted by Crippen LogP contribution is -2.06. The van der Waals surface area contributed by atoms with Gasteiger partial charge in [0, 0.05) is 0 Å². The zero-order chi connectivity index (χ0) is 6.57. The Balaban J connectivity index is 3.76. The molecule has 0 aromatic rings. The quantitative estimate of drug-likeness (QED) is 0.568. The van der Waals surface area contributed by atoms with Crippen LogP contribution in [0.4, 0.5) is 0 Å². The van der Waals surface area contributed by atoms with Gasteiger partial charge in [0.05, 0.1) is 6.07 Å². The molecule has 0 spiro atoms. The standard InChI is InChI=1S/C5H6NO2/c1-2-4(3-6)5(7)8/h2H2,1H3,(H,7,8). The first-order valence-electron chi connectivity index (χ1n) is 2.21. The molecule has 0 fully saturated rings. The molecule has 0 unspecified atom stereocenters. The Morgan fingerprint density at radius 2 is 2.38 bits per heavy atom. The van der Waals surface area contributed by atoms with E-state index in [1.54, 1.807) is 13.0 Å². The van der Waals surface area contributed by atoms with Crippen molar-refractivity contribution < 1.29 is 9.90 Å². The van der Waals surface area contributed by atoms with Gasteiger partial charge in [0.2, 0.25) is 0 Å². The van der Waals surface area contributed by atoms with Gasteiger partial charge in [-0.2, -0.15) is 5.26 Å². The molecule has 0 atom stereocenters. The molecule has 0 amide bonds. The number of nitriles is 1. The summed E-state index contributed by atoms with van der Waals surface area (Å²) >= 11 is 0. The minimum Gasteiger partial charge on any atom is -0.480 e. The highest BCUT2D eigenvalue weighted by Gasteiger charge is 2.13. The van der Waals surface area contributed by atoms with Gasteiger partial charge >= 0.3 is 5.97 Å². The van der Waals surface area contributed by atoms with Crippen LogP contribution < -0.4 is 0 Å². The summed E-state index contributed by atoms with van der Waals surface area (Å²) in [7, 11) is 0. The molecule has 0 bridgehead atoms. The van der Waals surface area contributed by atoms with E-state index >= 15 is 0 Å². The molecule has 0 rings (SSSR count). The molecule has 0 heterocycles. The van der Waals surface area contributed by atoms with E-state index in [1.807, 2.05) is 0 Å². The molecule has 1 N–H and O–H groups in total. The third-order valence-corrected chi connectivity index (χ3v) is 0.747. The van der Waals surface area contributed by atoms with Crippen LogP contribution in [0.2, 0.25) is 0 Å². The Hall–Kier alpha value is -1.04. The fourth-order valence-corrected chi connectivity index (χ4v) is 0.278. The molecule has 3 nitrogen and oxygen atoms in total. The normalized spacial score (nSPS) is 8.62. The predicted octanol–water partition coefficient (Wildman–Crippen LogP) is 0.579. The largest absolute Gasteiger partial charge is 0.480 e. The predicted molar refractivity (Wildman–Crippen MR) is 26.8 cm³/mol. The summed E-state index contributed by atoms with van der Waals surface area (Å²) in [5.74, 6) is -1.21. The van der Waals surface area contributed by atoms with Crippen molar-refractivity contribution in [3.8, 4) is 6.07 Å². The number of carboxylic acid groups (broad SMARTS) is 1. The van der Waals surface area contributed by atoms with Crippen LogP contribution in [0.1, 0.15) is 13.3 Å². The molecule has 0 saturated carbocycles. The molecular formula is C5H6NO2. The smallest absolute Gasteiger partial charge is 0.326 e. The second kappa shape index (κ2) is 3.03. The average Bonchev–Trinajstić information content (AvgIpc) is 1.69. The van der Waals surface area contributed by atoms with Crippen LogP contribution in [0.3, 0.4) is 0 Å². The van der Waals surface area contributed by atoms with Crippen LogP contribution in [-0.4, -0.2) is 11.1 Å². The van der Waals surface area contributed by atoms with Crippen molar-refractivity contribution in [3.05, 3.63) is 5.92 Å². The molecule has 0 aromatic carbocycles. The molecule has 0 aliphatic heterocycles. The van der Waals surface area contributed by atoms with Crippen LogP contribution >= 0.6 is 0 Å². The van der Waals surface area contributed by atoms with Crippen molar-refractivity contribution in [3.63, 3.8) is 0 Å². The highest BCUT2D eigenvalue weighted by molar-refractivity contribution is 5.86. The Kier molecular flexibility index (Phi) is 2.63. The van der Waals surface area contributed by atoms with Gasteiger partial charge in [0.25, 0.3) is 0 Å². The molecule has 0 saturated heterocycles. The van der Waals surface area contributed by atoms with Crippen molar-refractivity contribution in [1.82, 2.24) is 0 Å². The van der Waals surface area contributed by atoms with Gasteiger partial charge in [0.15, 0.2) is 5.92 Å². The molecular weight excluding hydrogens is 106 g/mol. The Morgan fingerprint density at radius 1 is 1.88 bits per heavy atom. The summed E-state index contributed by atoms with van der Waals surface area (Å²) in [5, 5.41) is 16.1. The van der Waals surface area contributed by atoms with Gasteiger partial charge < -0.3 is 5.11 Å². The highest BCUT2D eigenvalue weighted by atomic mass is 16.4. The third-order valence-electron chi connectivity index (χ3n) is 0.747. The van der Waals surface area contributed by atoms with Gasteiger partial charge in [-0.3, -0.25) is 4.79 Å². The van der Waals surface area contributed by atoms with Crippen LogP contribution in [0.5, 0.6) is 0 Å². The van der Waals surface area contributed by atoms with Gasteiger partial charge in [-0.25, -0.2) is 0 Å². The minimum absolute atomic E-state index is 0.0926. The average molecular weight is 112 g/mol. The lowest BCUT2D eigenvalue weighted by Gasteiger charge is -1.91. The van der Waals surface area contributed by atoms with Crippen molar-refractivity contribution in [2.45, 2.75) is 13.3 Å². The summed E-state index contributed by atoms with van der Waals surface area (Å²) in [6.07, 6.45) is 0.297. The van der Waals surface area contributed by atoms with Crippen molar-refractivity contribution in [1.29, 1.82) is 5.26 Å².